The number of rotatable bonds is 2. The van der Waals surface area contributed by atoms with E-state index in [0.29, 0.717) is 0 Å². The highest BCUT2D eigenvalue weighted by Gasteiger charge is 2.28. The van der Waals surface area contributed by atoms with E-state index in [0.717, 1.165) is 29.6 Å². The van der Waals surface area contributed by atoms with Crippen LogP contribution < -0.4 is 10.6 Å². The number of aryl methyl sites for hydroxylation is 1. The molecule has 1 atom stereocenters. The van der Waals surface area contributed by atoms with Gasteiger partial charge in [0.2, 0.25) is 5.13 Å². The quantitative estimate of drug-likeness (QED) is 0.744. The van der Waals surface area contributed by atoms with Gasteiger partial charge in [-0.2, -0.15) is 0 Å². The van der Waals surface area contributed by atoms with Crippen LogP contribution in [-0.2, 0) is 0 Å². The average Bonchev–Trinajstić information content (AvgIpc) is 2.62. The fraction of sp³-hybridized carbons (Fsp3) is 0.750. The molecular weight excluding hydrogens is 184 g/mol. The molecule has 0 aliphatic carbocycles. The monoisotopic (exact) mass is 198 g/mol. The summed E-state index contributed by atoms with van der Waals surface area (Å²) in [6.45, 7) is 6.27. The van der Waals surface area contributed by atoms with Gasteiger partial charge in [0.25, 0.3) is 0 Å². The highest BCUT2D eigenvalue weighted by Crippen LogP contribution is 2.23. The van der Waals surface area contributed by atoms with Crippen molar-refractivity contribution in [2.45, 2.75) is 25.8 Å². The van der Waals surface area contributed by atoms with Gasteiger partial charge in [-0.15, -0.1) is 10.2 Å². The Morgan fingerprint density at radius 2 is 2.38 bits per heavy atom. The fourth-order valence-corrected chi connectivity index (χ4v) is 2.27. The first-order valence-corrected chi connectivity index (χ1v) is 5.29. The van der Waals surface area contributed by atoms with Crippen LogP contribution in [0.4, 0.5) is 5.13 Å². The summed E-state index contributed by atoms with van der Waals surface area (Å²) in [5.41, 5.74) is 0.159. The first-order valence-electron chi connectivity index (χ1n) is 4.47. The zero-order chi connectivity index (χ0) is 9.31. The van der Waals surface area contributed by atoms with E-state index in [1.807, 2.05) is 6.92 Å². The first-order chi connectivity index (χ1) is 6.18. The number of nitrogens with zero attached hydrogens (tertiary/aromatic N) is 2. The van der Waals surface area contributed by atoms with E-state index in [-0.39, 0.29) is 5.54 Å². The second-order valence-corrected chi connectivity index (χ2v) is 4.92. The molecule has 0 radical (unpaired) electrons. The number of aromatic nitrogens is 2. The third-order valence-corrected chi connectivity index (χ3v) is 3.06. The molecule has 1 aliphatic heterocycles. The molecule has 1 aliphatic rings. The van der Waals surface area contributed by atoms with Crippen molar-refractivity contribution in [2.24, 2.45) is 0 Å². The van der Waals surface area contributed by atoms with Crippen molar-refractivity contribution in [1.29, 1.82) is 0 Å². The van der Waals surface area contributed by atoms with Gasteiger partial charge in [0.05, 0.1) is 5.54 Å². The van der Waals surface area contributed by atoms with Gasteiger partial charge >= 0.3 is 0 Å². The molecule has 5 heteroatoms. The summed E-state index contributed by atoms with van der Waals surface area (Å²) in [6.07, 6.45) is 1.14. The molecule has 1 aromatic heterocycles. The van der Waals surface area contributed by atoms with Gasteiger partial charge in [0, 0.05) is 6.54 Å². The Hall–Kier alpha value is -0.680. The van der Waals surface area contributed by atoms with Crippen LogP contribution in [0.25, 0.3) is 0 Å². The lowest BCUT2D eigenvalue weighted by Crippen LogP contribution is -2.36. The minimum Gasteiger partial charge on any atom is -0.354 e. The van der Waals surface area contributed by atoms with Crippen LogP contribution in [0.3, 0.4) is 0 Å². The summed E-state index contributed by atoms with van der Waals surface area (Å²) in [4.78, 5) is 0. The van der Waals surface area contributed by atoms with E-state index in [1.165, 1.54) is 0 Å². The molecule has 2 heterocycles. The maximum Gasteiger partial charge on any atom is 0.206 e. The van der Waals surface area contributed by atoms with E-state index in [4.69, 9.17) is 0 Å². The van der Waals surface area contributed by atoms with Gasteiger partial charge in [-0.1, -0.05) is 11.3 Å². The molecule has 0 saturated carbocycles. The van der Waals surface area contributed by atoms with Crippen molar-refractivity contribution < 1.29 is 0 Å². The van der Waals surface area contributed by atoms with Crippen LogP contribution in [0, 0.1) is 6.92 Å². The average molecular weight is 198 g/mol. The number of nitrogens with one attached hydrogen (secondary N) is 2. The van der Waals surface area contributed by atoms with Crippen molar-refractivity contribution in [3.05, 3.63) is 5.01 Å². The van der Waals surface area contributed by atoms with Crippen molar-refractivity contribution in [3.63, 3.8) is 0 Å². The highest BCUT2D eigenvalue weighted by molar-refractivity contribution is 7.15. The van der Waals surface area contributed by atoms with E-state index >= 15 is 0 Å². The normalized spacial score (nSPS) is 27.8. The summed E-state index contributed by atoms with van der Waals surface area (Å²) < 4.78 is 0. The Kier molecular flexibility index (Phi) is 2.21. The second-order valence-electron chi connectivity index (χ2n) is 3.74. The van der Waals surface area contributed by atoms with E-state index in [1.54, 1.807) is 11.3 Å². The van der Waals surface area contributed by atoms with Crippen molar-refractivity contribution >= 4 is 16.5 Å². The zero-order valence-corrected chi connectivity index (χ0v) is 8.74. The summed E-state index contributed by atoms with van der Waals surface area (Å²) >= 11 is 1.61. The summed E-state index contributed by atoms with van der Waals surface area (Å²) in [5.74, 6) is 0. The van der Waals surface area contributed by atoms with E-state index in [2.05, 4.69) is 27.8 Å². The lowest BCUT2D eigenvalue weighted by atomic mass is 10.0. The molecule has 72 valence electrons. The van der Waals surface area contributed by atoms with Crippen LogP contribution in [0.5, 0.6) is 0 Å². The van der Waals surface area contributed by atoms with E-state index in [9.17, 15) is 0 Å². The molecule has 4 nitrogen and oxygen atoms in total. The maximum atomic E-state index is 4.05. The summed E-state index contributed by atoms with van der Waals surface area (Å²) in [5, 5.41) is 16.7. The highest BCUT2D eigenvalue weighted by atomic mass is 32.1. The molecule has 1 saturated heterocycles. The van der Waals surface area contributed by atoms with Crippen LogP contribution in [0.15, 0.2) is 0 Å². The molecule has 2 rings (SSSR count). The lowest BCUT2D eigenvalue weighted by Gasteiger charge is -2.23. The smallest absolute Gasteiger partial charge is 0.206 e. The Bertz CT molecular complexity index is 290. The predicted molar refractivity (Wildman–Crippen MR) is 54.2 cm³/mol. The van der Waals surface area contributed by atoms with Gasteiger partial charge in [-0.3, -0.25) is 0 Å². The molecule has 0 amide bonds. The molecular formula is C8H14N4S. The van der Waals surface area contributed by atoms with Crippen LogP contribution in [0.2, 0.25) is 0 Å². The molecule has 0 spiro atoms. The van der Waals surface area contributed by atoms with Crippen LogP contribution in [0.1, 0.15) is 18.4 Å². The Morgan fingerprint density at radius 3 is 2.92 bits per heavy atom. The van der Waals surface area contributed by atoms with Crippen molar-refractivity contribution in [1.82, 2.24) is 15.5 Å². The standard InChI is InChI=1S/C8H14N4S/c1-6-11-12-7(13-6)10-8(2)3-4-9-5-8/h9H,3-5H2,1-2H3,(H,10,12). The van der Waals surface area contributed by atoms with Gasteiger partial charge < -0.3 is 10.6 Å². The number of hydrogen-bond acceptors (Lipinski definition) is 5. The fourth-order valence-electron chi connectivity index (χ4n) is 1.53. The van der Waals surface area contributed by atoms with Crippen LogP contribution in [-0.4, -0.2) is 28.8 Å². The lowest BCUT2D eigenvalue weighted by molar-refractivity contribution is 0.565. The number of hydrogen-bond donors (Lipinski definition) is 2. The first kappa shape index (κ1) is 8.90. The minimum absolute atomic E-state index is 0.159. The molecule has 2 N–H and O–H groups in total. The summed E-state index contributed by atoms with van der Waals surface area (Å²) in [6, 6.07) is 0. The summed E-state index contributed by atoms with van der Waals surface area (Å²) in [7, 11) is 0. The third-order valence-electron chi connectivity index (χ3n) is 2.30. The SMILES string of the molecule is Cc1nnc(NC2(C)CCNC2)s1. The number of anilines is 1. The molecule has 0 aromatic carbocycles. The third kappa shape index (κ3) is 1.97. The van der Waals surface area contributed by atoms with Gasteiger partial charge in [-0.25, -0.2) is 0 Å². The Balaban J connectivity index is 2.04. The maximum absolute atomic E-state index is 4.05. The van der Waals surface area contributed by atoms with E-state index < -0.39 is 0 Å². The largest absolute Gasteiger partial charge is 0.354 e. The molecule has 1 aromatic rings. The van der Waals surface area contributed by atoms with Gasteiger partial charge in [-0.05, 0) is 26.8 Å². The molecule has 0 bridgehead atoms. The topological polar surface area (TPSA) is 49.8 Å². The van der Waals surface area contributed by atoms with Crippen molar-refractivity contribution in [2.75, 3.05) is 18.4 Å². The van der Waals surface area contributed by atoms with Gasteiger partial charge in [0.15, 0.2) is 0 Å². The van der Waals surface area contributed by atoms with Gasteiger partial charge in [0.1, 0.15) is 5.01 Å². The zero-order valence-electron chi connectivity index (χ0n) is 7.92. The van der Waals surface area contributed by atoms with Crippen molar-refractivity contribution in [3.8, 4) is 0 Å². The molecule has 1 unspecified atom stereocenters. The second kappa shape index (κ2) is 3.23. The predicted octanol–water partition coefficient (Wildman–Crippen LogP) is 1.01. The van der Waals surface area contributed by atoms with Crippen LogP contribution >= 0.6 is 11.3 Å². The Labute approximate surface area is 81.8 Å². The minimum atomic E-state index is 0.159. The Morgan fingerprint density at radius 1 is 1.54 bits per heavy atom. The molecule has 1 fully saturated rings. The molecule has 13 heavy (non-hydrogen) atoms.